The van der Waals surface area contributed by atoms with E-state index in [1.807, 2.05) is 0 Å². The van der Waals surface area contributed by atoms with Gasteiger partial charge in [0, 0.05) is 18.0 Å². The summed E-state index contributed by atoms with van der Waals surface area (Å²) in [4.78, 5) is 13.9. The van der Waals surface area contributed by atoms with Gasteiger partial charge in [-0.2, -0.15) is 0 Å². The third kappa shape index (κ3) is 2.49. The highest BCUT2D eigenvalue weighted by Gasteiger charge is 2.21. The van der Waals surface area contributed by atoms with Crippen LogP contribution in [0.5, 0.6) is 11.5 Å². The first kappa shape index (κ1) is 12.1. The first-order valence-electron chi connectivity index (χ1n) is 4.90. The molecule has 0 unspecified atom stereocenters. The first-order valence-corrected chi connectivity index (χ1v) is 5.28. The fourth-order valence-electron chi connectivity index (χ4n) is 1.32. The first-order chi connectivity index (χ1) is 8.58. The minimum Gasteiger partial charge on any atom is -0.450 e. The number of ether oxygens (including phenoxy) is 1. The number of hydrogen-bond acceptors (Lipinski definition) is 5. The van der Waals surface area contributed by atoms with Crippen LogP contribution in [0.15, 0.2) is 36.5 Å². The van der Waals surface area contributed by atoms with Gasteiger partial charge in [-0.3, -0.25) is 10.1 Å². The van der Waals surface area contributed by atoms with E-state index in [2.05, 4.69) is 4.98 Å². The maximum atomic E-state index is 10.9. The Kier molecular flexibility index (Phi) is 3.29. The molecular formula is C11H8ClN3O3. The summed E-state index contributed by atoms with van der Waals surface area (Å²) in [6.07, 6.45) is 1.34. The maximum Gasteiger partial charge on any atom is 0.348 e. The molecule has 2 rings (SSSR count). The summed E-state index contributed by atoms with van der Waals surface area (Å²) >= 11 is 5.66. The third-order valence-electron chi connectivity index (χ3n) is 2.13. The van der Waals surface area contributed by atoms with Gasteiger partial charge in [0.15, 0.2) is 0 Å². The van der Waals surface area contributed by atoms with Crippen molar-refractivity contribution in [2.24, 2.45) is 0 Å². The van der Waals surface area contributed by atoms with Crippen LogP contribution in [0.3, 0.4) is 0 Å². The smallest absolute Gasteiger partial charge is 0.348 e. The molecule has 0 aliphatic rings. The molecule has 0 saturated carbocycles. The second-order valence-corrected chi connectivity index (χ2v) is 3.73. The van der Waals surface area contributed by atoms with Crippen LogP contribution in [-0.2, 0) is 0 Å². The third-order valence-corrected chi connectivity index (χ3v) is 2.41. The van der Waals surface area contributed by atoms with E-state index < -0.39 is 4.92 Å². The Labute approximate surface area is 107 Å². The molecule has 6 nitrogen and oxygen atoms in total. The summed E-state index contributed by atoms with van der Waals surface area (Å²) in [5.74, 6) is 0.458. The number of benzene rings is 1. The van der Waals surface area contributed by atoms with E-state index in [0.29, 0.717) is 11.4 Å². The van der Waals surface area contributed by atoms with Crippen molar-refractivity contribution in [3.8, 4) is 11.5 Å². The number of rotatable bonds is 3. The minimum atomic E-state index is -0.637. The average molecular weight is 266 g/mol. The Hall–Kier alpha value is -2.34. The fourth-order valence-corrected chi connectivity index (χ4v) is 1.54. The van der Waals surface area contributed by atoms with E-state index in [4.69, 9.17) is 22.1 Å². The van der Waals surface area contributed by atoms with Crippen molar-refractivity contribution in [1.82, 2.24) is 4.98 Å². The minimum absolute atomic E-state index is 0.0322. The standard InChI is InChI=1S/C11H8ClN3O3/c12-11-10(15(16)17)9(5-6-14-11)18-8-3-1-7(13)2-4-8/h1-6H,13H2. The Morgan fingerprint density at radius 1 is 1.28 bits per heavy atom. The van der Waals surface area contributed by atoms with Crippen LogP contribution in [-0.4, -0.2) is 9.91 Å². The molecule has 7 heteroatoms. The Balaban J connectivity index is 2.37. The molecule has 0 saturated heterocycles. The lowest BCUT2D eigenvalue weighted by Gasteiger charge is -2.06. The lowest BCUT2D eigenvalue weighted by atomic mass is 10.3. The van der Waals surface area contributed by atoms with Gasteiger partial charge in [0.1, 0.15) is 5.75 Å². The predicted octanol–water partition coefficient (Wildman–Crippen LogP) is 3.02. The summed E-state index contributed by atoms with van der Waals surface area (Å²) < 4.78 is 5.38. The van der Waals surface area contributed by atoms with Crippen molar-refractivity contribution in [1.29, 1.82) is 0 Å². The quantitative estimate of drug-likeness (QED) is 0.399. The van der Waals surface area contributed by atoms with E-state index in [9.17, 15) is 10.1 Å². The van der Waals surface area contributed by atoms with Crippen molar-refractivity contribution in [3.05, 3.63) is 51.8 Å². The summed E-state index contributed by atoms with van der Waals surface area (Å²) in [6.45, 7) is 0. The molecule has 1 aromatic heterocycles. The summed E-state index contributed by atoms with van der Waals surface area (Å²) in [6, 6.07) is 7.84. The normalized spacial score (nSPS) is 10.1. The van der Waals surface area contributed by atoms with Crippen LogP contribution in [0.2, 0.25) is 5.15 Å². The highest BCUT2D eigenvalue weighted by atomic mass is 35.5. The van der Waals surface area contributed by atoms with Crippen molar-refractivity contribution < 1.29 is 9.66 Å². The topological polar surface area (TPSA) is 91.3 Å². The summed E-state index contributed by atoms with van der Waals surface area (Å²) in [5, 5.41) is 10.7. The number of hydrogen-bond donors (Lipinski definition) is 1. The highest BCUT2D eigenvalue weighted by Crippen LogP contribution is 2.35. The van der Waals surface area contributed by atoms with Gasteiger partial charge in [-0.05, 0) is 24.3 Å². The molecular weight excluding hydrogens is 258 g/mol. The van der Waals surface area contributed by atoms with Crippen molar-refractivity contribution >= 4 is 23.0 Å². The van der Waals surface area contributed by atoms with Crippen molar-refractivity contribution in [3.63, 3.8) is 0 Å². The Morgan fingerprint density at radius 2 is 1.94 bits per heavy atom. The molecule has 0 amide bonds. The number of nitrogens with two attached hydrogens (primary N) is 1. The van der Waals surface area contributed by atoms with Crippen LogP contribution in [0.4, 0.5) is 11.4 Å². The van der Waals surface area contributed by atoms with Crippen LogP contribution >= 0.6 is 11.6 Å². The van der Waals surface area contributed by atoms with E-state index in [0.717, 1.165) is 0 Å². The molecule has 1 aromatic carbocycles. The van der Waals surface area contributed by atoms with Gasteiger partial charge in [-0.1, -0.05) is 11.6 Å². The van der Waals surface area contributed by atoms with Gasteiger partial charge in [0.2, 0.25) is 10.9 Å². The zero-order chi connectivity index (χ0) is 13.1. The van der Waals surface area contributed by atoms with Crippen LogP contribution < -0.4 is 10.5 Å². The molecule has 92 valence electrons. The van der Waals surface area contributed by atoms with Crippen LogP contribution in [0.1, 0.15) is 0 Å². The number of pyridine rings is 1. The average Bonchev–Trinajstić information content (AvgIpc) is 2.32. The number of nitrogens with zero attached hydrogens (tertiary/aromatic N) is 2. The predicted molar refractivity (Wildman–Crippen MR) is 66.8 cm³/mol. The Morgan fingerprint density at radius 3 is 2.56 bits per heavy atom. The largest absolute Gasteiger partial charge is 0.450 e. The van der Waals surface area contributed by atoms with E-state index in [1.54, 1.807) is 24.3 Å². The Bertz CT molecular complexity index is 587. The second-order valence-electron chi connectivity index (χ2n) is 3.38. The molecule has 1 heterocycles. The lowest BCUT2D eigenvalue weighted by Crippen LogP contribution is -1.96. The fraction of sp³-hybridized carbons (Fsp3) is 0. The van der Waals surface area contributed by atoms with Crippen LogP contribution in [0, 0.1) is 10.1 Å². The summed E-state index contributed by atoms with van der Waals surface area (Å²) in [7, 11) is 0. The molecule has 0 atom stereocenters. The highest BCUT2D eigenvalue weighted by molar-refractivity contribution is 6.31. The molecule has 0 radical (unpaired) electrons. The molecule has 0 aliphatic heterocycles. The molecule has 0 bridgehead atoms. The van der Waals surface area contributed by atoms with Gasteiger partial charge in [0.25, 0.3) is 0 Å². The molecule has 0 aliphatic carbocycles. The van der Waals surface area contributed by atoms with Crippen molar-refractivity contribution in [2.75, 3.05) is 5.73 Å². The van der Waals surface area contributed by atoms with Gasteiger partial charge in [-0.15, -0.1) is 0 Å². The number of anilines is 1. The molecule has 0 fully saturated rings. The number of halogens is 1. The van der Waals surface area contributed by atoms with Crippen molar-refractivity contribution in [2.45, 2.75) is 0 Å². The molecule has 18 heavy (non-hydrogen) atoms. The van der Waals surface area contributed by atoms with Gasteiger partial charge in [-0.25, -0.2) is 4.98 Å². The number of aromatic nitrogens is 1. The van der Waals surface area contributed by atoms with E-state index in [1.165, 1.54) is 12.3 Å². The van der Waals surface area contributed by atoms with E-state index >= 15 is 0 Å². The number of nitro groups is 1. The zero-order valence-corrected chi connectivity index (χ0v) is 9.79. The molecule has 0 spiro atoms. The van der Waals surface area contributed by atoms with Gasteiger partial charge in [0.05, 0.1) is 4.92 Å². The summed E-state index contributed by atoms with van der Waals surface area (Å²) in [5.41, 5.74) is 5.74. The SMILES string of the molecule is Nc1ccc(Oc2ccnc(Cl)c2[N+](=O)[O-])cc1. The molecule has 2 N–H and O–H groups in total. The lowest BCUT2D eigenvalue weighted by molar-refractivity contribution is -0.385. The maximum absolute atomic E-state index is 10.9. The monoisotopic (exact) mass is 265 g/mol. The zero-order valence-electron chi connectivity index (χ0n) is 9.04. The molecule has 2 aromatic rings. The van der Waals surface area contributed by atoms with Crippen LogP contribution in [0.25, 0.3) is 0 Å². The van der Waals surface area contributed by atoms with E-state index in [-0.39, 0.29) is 16.6 Å². The van der Waals surface area contributed by atoms with Gasteiger partial charge < -0.3 is 10.5 Å². The second kappa shape index (κ2) is 4.89. The van der Waals surface area contributed by atoms with Gasteiger partial charge >= 0.3 is 5.69 Å². The number of nitrogen functional groups attached to an aromatic ring is 1.